The molecule has 0 aliphatic heterocycles. The Labute approximate surface area is 110 Å². The molecule has 0 heterocycles. The van der Waals surface area contributed by atoms with E-state index in [9.17, 15) is 4.39 Å². The number of ether oxygens (including phenoxy) is 1. The van der Waals surface area contributed by atoms with Crippen molar-refractivity contribution in [3.05, 3.63) is 29.6 Å². The second-order valence-electron chi connectivity index (χ2n) is 4.57. The van der Waals surface area contributed by atoms with Gasteiger partial charge < -0.3 is 10.1 Å². The van der Waals surface area contributed by atoms with Gasteiger partial charge in [0.15, 0.2) is 11.6 Å². The van der Waals surface area contributed by atoms with Gasteiger partial charge in [-0.1, -0.05) is 19.9 Å². The minimum absolute atomic E-state index is 0.274. The second kappa shape index (κ2) is 8.09. The minimum atomic E-state index is -0.274. The highest BCUT2D eigenvalue weighted by Gasteiger charge is 2.07. The molecule has 1 N–H and O–H groups in total. The van der Waals surface area contributed by atoms with Crippen LogP contribution >= 0.6 is 0 Å². The Kier molecular flexibility index (Phi) is 6.73. The largest absolute Gasteiger partial charge is 0.494 e. The van der Waals surface area contributed by atoms with E-state index < -0.39 is 0 Å². The van der Waals surface area contributed by atoms with Crippen molar-refractivity contribution in [1.29, 1.82) is 0 Å². The fourth-order valence-electron chi connectivity index (χ4n) is 2.01. The molecule has 1 rings (SSSR count). The first-order chi connectivity index (χ1) is 8.71. The van der Waals surface area contributed by atoms with Gasteiger partial charge in [-0.05, 0) is 49.9 Å². The van der Waals surface area contributed by atoms with Crippen molar-refractivity contribution < 1.29 is 9.13 Å². The van der Waals surface area contributed by atoms with Crippen molar-refractivity contribution in [3.63, 3.8) is 0 Å². The summed E-state index contributed by atoms with van der Waals surface area (Å²) in [7, 11) is 1.49. The SMILES string of the molecule is CCCNC(CC)CCc1ccc(OC)c(F)c1. The number of rotatable bonds is 8. The van der Waals surface area contributed by atoms with Crippen molar-refractivity contribution in [2.45, 2.75) is 45.6 Å². The third-order valence-corrected chi connectivity index (χ3v) is 3.17. The molecule has 0 radical (unpaired) electrons. The van der Waals surface area contributed by atoms with Crippen LogP contribution in [0.4, 0.5) is 4.39 Å². The van der Waals surface area contributed by atoms with E-state index in [1.807, 2.05) is 6.07 Å². The molecule has 18 heavy (non-hydrogen) atoms. The first-order valence-electron chi connectivity index (χ1n) is 6.77. The van der Waals surface area contributed by atoms with Gasteiger partial charge in [0, 0.05) is 6.04 Å². The molecule has 1 aromatic rings. The molecule has 0 saturated heterocycles. The summed E-state index contributed by atoms with van der Waals surface area (Å²) < 4.78 is 18.4. The summed E-state index contributed by atoms with van der Waals surface area (Å²) in [6, 6.07) is 5.74. The van der Waals surface area contributed by atoms with Crippen molar-refractivity contribution >= 4 is 0 Å². The Morgan fingerprint density at radius 1 is 1.33 bits per heavy atom. The van der Waals surface area contributed by atoms with E-state index in [0.717, 1.165) is 37.8 Å². The van der Waals surface area contributed by atoms with Gasteiger partial charge in [-0.25, -0.2) is 4.39 Å². The van der Waals surface area contributed by atoms with Crippen molar-refractivity contribution in [1.82, 2.24) is 5.32 Å². The maximum Gasteiger partial charge on any atom is 0.165 e. The summed E-state index contributed by atoms with van der Waals surface area (Å²) >= 11 is 0. The smallest absolute Gasteiger partial charge is 0.165 e. The molecule has 0 aliphatic rings. The topological polar surface area (TPSA) is 21.3 Å². The normalized spacial score (nSPS) is 12.4. The van der Waals surface area contributed by atoms with Gasteiger partial charge in [0.05, 0.1) is 7.11 Å². The van der Waals surface area contributed by atoms with Crippen molar-refractivity contribution in [2.24, 2.45) is 0 Å². The first-order valence-corrected chi connectivity index (χ1v) is 6.77. The van der Waals surface area contributed by atoms with Gasteiger partial charge in [-0.15, -0.1) is 0 Å². The number of hydrogen-bond acceptors (Lipinski definition) is 2. The van der Waals surface area contributed by atoms with Crippen LogP contribution < -0.4 is 10.1 Å². The molecule has 2 nitrogen and oxygen atoms in total. The molecule has 0 amide bonds. The third-order valence-electron chi connectivity index (χ3n) is 3.17. The predicted molar refractivity (Wildman–Crippen MR) is 73.6 cm³/mol. The second-order valence-corrected chi connectivity index (χ2v) is 4.57. The Morgan fingerprint density at radius 3 is 2.67 bits per heavy atom. The molecule has 3 heteroatoms. The van der Waals surface area contributed by atoms with Gasteiger partial charge in [-0.2, -0.15) is 0 Å². The molecule has 0 saturated carbocycles. The first kappa shape index (κ1) is 15.0. The molecule has 0 aromatic heterocycles. The fourth-order valence-corrected chi connectivity index (χ4v) is 2.01. The lowest BCUT2D eigenvalue weighted by molar-refractivity contribution is 0.386. The zero-order valence-corrected chi connectivity index (χ0v) is 11.6. The van der Waals surface area contributed by atoms with Crippen LogP contribution in [0.3, 0.4) is 0 Å². The highest BCUT2D eigenvalue weighted by Crippen LogP contribution is 2.19. The number of benzene rings is 1. The summed E-state index contributed by atoms with van der Waals surface area (Å²) in [5.41, 5.74) is 1.03. The number of methoxy groups -OCH3 is 1. The van der Waals surface area contributed by atoms with Gasteiger partial charge in [0.25, 0.3) is 0 Å². The number of nitrogens with one attached hydrogen (secondary N) is 1. The predicted octanol–water partition coefficient (Wildman–Crippen LogP) is 3.55. The molecule has 1 aromatic carbocycles. The van der Waals surface area contributed by atoms with Gasteiger partial charge in [-0.3, -0.25) is 0 Å². The summed E-state index contributed by atoms with van der Waals surface area (Å²) in [6.07, 6.45) is 4.20. The molecule has 1 atom stereocenters. The highest BCUT2D eigenvalue weighted by molar-refractivity contribution is 5.29. The minimum Gasteiger partial charge on any atom is -0.494 e. The zero-order valence-electron chi connectivity index (χ0n) is 11.6. The maximum absolute atomic E-state index is 13.5. The molecule has 0 bridgehead atoms. The average Bonchev–Trinajstić information content (AvgIpc) is 2.39. The van der Waals surface area contributed by atoms with E-state index in [4.69, 9.17) is 4.74 Å². The van der Waals surface area contributed by atoms with Crippen molar-refractivity contribution in [3.8, 4) is 5.75 Å². The Hall–Kier alpha value is -1.09. The molecular formula is C15H24FNO. The molecular weight excluding hydrogens is 229 g/mol. The average molecular weight is 253 g/mol. The summed E-state index contributed by atoms with van der Waals surface area (Å²) in [6.45, 7) is 5.40. The molecule has 0 fully saturated rings. The van der Waals surface area contributed by atoms with Crippen LogP contribution in [0.2, 0.25) is 0 Å². The molecule has 0 aliphatic carbocycles. The van der Waals surface area contributed by atoms with E-state index in [1.54, 1.807) is 12.1 Å². The lowest BCUT2D eigenvalue weighted by Gasteiger charge is -2.16. The van der Waals surface area contributed by atoms with Crippen LogP contribution in [-0.4, -0.2) is 19.7 Å². The van der Waals surface area contributed by atoms with E-state index in [0.29, 0.717) is 11.8 Å². The number of halogens is 1. The van der Waals surface area contributed by atoms with E-state index in [2.05, 4.69) is 19.2 Å². The summed E-state index contributed by atoms with van der Waals surface area (Å²) in [5.74, 6) is 0.0412. The van der Waals surface area contributed by atoms with Gasteiger partial charge in [0.1, 0.15) is 0 Å². The Morgan fingerprint density at radius 2 is 2.11 bits per heavy atom. The Balaban J connectivity index is 2.49. The maximum atomic E-state index is 13.5. The molecule has 102 valence electrons. The van der Waals surface area contributed by atoms with E-state index in [-0.39, 0.29) is 5.82 Å². The van der Waals surface area contributed by atoms with E-state index >= 15 is 0 Å². The standard InChI is InChI=1S/C15H24FNO/c1-4-10-17-13(5-2)8-6-12-7-9-15(18-3)14(16)11-12/h7,9,11,13,17H,4-6,8,10H2,1-3H3. The molecule has 0 spiro atoms. The Bertz CT molecular complexity index is 354. The fraction of sp³-hybridized carbons (Fsp3) is 0.600. The number of hydrogen-bond donors (Lipinski definition) is 1. The van der Waals surface area contributed by atoms with E-state index in [1.165, 1.54) is 7.11 Å². The lowest BCUT2D eigenvalue weighted by Crippen LogP contribution is -2.29. The zero-order chi connectivity index (χ0) is 13.4. The monoisotopic (exact) mass is 253 g/mol. The van der Waals surface area contributed by atoms with Crippen LogP contribution in [0.1, 0.15) is 38.7 Å². The van der Waals surface area contributed by atoms with Crippen LogP contribution in [-0.2, 0) is 6.42 Å². The highest BCUT2D eigenvalue weighted by atomic mass is 19.1. The van der Waals surface area contributed by atoms with Crippen LogP contribution in [0.25, 0.3) is 0 Å². The third kappa shape index (κ3) is 4.65. The van der Waals surface area contributed by atoms with Crippen LogP contribution in [0.5, 0.6) is 5.75 Å². The van der Waals surface area contributed by atoms with Gasteiger partial charge in [0.2, 0.25) is 0 Å². The van der Waals surface area contributed by atoms with Gasteiger partial charge >= 0.3 is 0 Å². The van der Waals surface area contributed by atoms with Crippen LogP contribution in [0.15, 0.2) is 18.2 Å². The van der Waals surface area contributed by atoms with Crippen LogP contribution in [0, 0.1) is 5.82 Å². The lowest BCUT2D eigenvalue weighted by atomic mass is 10.0. The number of aryl methyl sites for hydroxylation is 1. The molecule has 1 unspecified atom stereocenters. The summed E-state index contributed by atoms with van der Waals surface area (Å²) in [5, 5.41) is 3.51. The van der Waals surface area contributed by atoms with Crippen molar-refractivity contribution in [2.75, 3.05) is 13.7 Å². The summed E-state index contributed by atoms with van der Waals surface area (Å²) in [4.78, 5) is 0. The quantitative estimate of drug-likeness (QED) is 0.765.